The normalized spacial score (nSPS) is 15.5. The Morgan fingerprint density at radius 2 is 2.00 bits per heavy atom. The first kappa shape index (κ1) is 16.4. The Labute approximate surface area is 140 Å². The highest BCUT2D eigenvalue weighted by atomic mass is 19.1. The van der Waals surface area contributed by atoms with Crippen LogP contribution in [0.3, 0.4) is 0 Å². The summed E-state index contributed by atoms with van der Waals surface area (Å²) >= 11 is 0. The van der Waals surface area contributed by atoms with Gasteiger partial charge in [-0.3, -0.25) is 9.78 Å². The van der Waals surface area contributed by atoms with Crippen molar-refractivity contribution in [1.82, 2.24) is 10.3 Å². The van der Waals surface area contributed by atoms with Crippen LogP contribution in [0.25, 0.3) is 0 Å². The molecule has 4 N–H and O–H groups in total. The topological polar surface area (TPSA) is 80.0 Å². The van der Waals surface area contributed by atoms with Gasteiger partial charge in [0, 0.05) is 36.6 Å². The fourth-order valence-corrected chi connectivity index (χ4v) is 3.04. The number of aromatic nitrogens is 1. The monoisotopic (exact) mass is 328 g/mol. The van der Waals surface area contributed by atoms with Crippen LogP contribution in [0.1, 0.15) is 31.2 Å². The van der Waals surface area contributed by atoms with E-state index in [1.807, 2.05) is 12.1 Å². The van der Waals surface area contributed by atoms with Crippen LogP contribution in [-0.2, 0) is 10.3 Å². The number of nitrogens with one attached hydrogen (secondary N) is 2. The second-order valence-electron chi connectivity index (χ2n) is 6.14. The predicted octanol–water partition coefficient (Wildman–Crippen LogP) is 2.80. The predicted molar refractivity (Wildman–Crippen MR) is 91.8 cm³/mol. The lowest BCUT2D eigenvalue weighted by Gasteiger charge is -2.43. The lowest BCUT2D eigenvalue weighted by Crippen LogP contribution is -2.48. The van der Waals surface area contributed by atoms with E-state index in [4.69, 9.17) is 5.73 Å². The molecule has 3 rings (SSSR count). The van der Waals surface area contributed by atoms with Crippen LogP contribution in [0.5, 0.6) is 0 Å². The number of benzene rings is 1. The minimum Gasteiger partial charge on any atom is -0.399 e. The molecule has 1 aliphatic carbocycles. The maximum atomic E-state index is 13.6. The van der Waals surface area contributed by atoms with E-state index in [1.165, 1.54) is 23.8 Å². The van der Waals surface area contributed by atoms with Gasteiger partial charge in [0.05, 0.1) is 5.69 Å². The molecule has 2 aromatic rings. The Morgan fingerprint density at radius 1 is 1.25 bits per heavy atom. The maximum Gasteiger partial charge on any atom is 0.225 e. The van der Waals surface area contributed by atoms with Gasteiger partial charge in [-0.15, -0.1) is 0 Å². The molecule has 5 nitrogen and oxygen atoms in total. The van der Waals surface area contributed by atoms with Gasteiger partial charge >= 0.3 is 0 Å². The molecule has 1 saturated carbocycles. The third-order valence-corrected chi connectivity index (χ3v) is 4.52. The summed E-state index contributed by atoms with van der Waals surface area (Å²) in [5.41, 5.74) is 7.28. The summed E-state index contributed by atoms with van der Waals surface area (Å²) in [7, 11) is 0. The molecule has 1 heterocycles. The van der Waals surface area contributed by atoms with Crippen molar-refractivity contribution in [3.8, 4) is 0 Å². The van der Waals surface area contributed by atoms with Gasteiger partial charge in [-0.2, -0.15) is 0 Å². The van der Waals surface area contributed by atoms with Crippen molar-refractivity contribution < 1.29 is 9.18 Å². The summed E-state index contributed by atoms with van der Waals surface area (Å²) in [5, 5.41) is 6.05. The highest BCUT2D eigenvalue weighted by Gasteiger charge is 2.37. The Kier molecular flexibility index (Phi) is 4.76. The van der Waals surface area contributed by atoms with Crippen molar-refractivity contribution in [2.45, 2.75) is 31.2 Å². The molecule has 1 aromatic heterocycles. The van der Waals surface area contributed by atoms with E-state index in [0.717, 1.165) is 19.3 Å². The number of rotatable bonds is 6. The molecule has 6 heteroatoms. The molecule has 1 amide bonds. The molecule has 0 atom stereocenters. The molecule has 1 aromatic carbocycles. The smallest absolute Gasteiger partial charge is 0.225 e. The molecule has 24 heavy (non-hydrogen) atoms. The van der Waals surface area contributed by atoms with Crippen LogP contribution in [0.4, 0.5) is 15.8 Å². The quantitative estimate of drug-likeness (QED) is 0.712. The SMILES string of the molecule is Nc1ccc(F)c(NC(=O)CCNC2(c3ccncc3)CCC2)c1. The van der Waals surface area contributed by atoms with E-state index >= 15 is 0 Å². The Bertz CT molecular complexity index is 716. The molecule has 1 fully saturated rings. The number of anilines is 2. The van der Waals surface area contributed by atoms with Crippen LogP contribution < -0.4 is 16.4 Å². The van der Waals surface area contributed by atoms with Crippen molar-refractivity contribution in [3.05, 3.63) is 54.1 Å². The number of carbonyl (C=O) groups excluding carboxylic acids is 1. The minimum absolute atomic E-state index is 0.0638. The first-order chi connectivity index (χ1) is 11.6. The van der Waals surface area contributed by atoms with E-state index in [-0.39, 0.29) is 23.6 Å². The highest BCUT2D eigenvalue weighted by molar-refractivity contribution is 5.91. The number of nitrogen functional groups attached to an aromatic ring is 1. The van der Waals surface area contributed by atoms with Crippen LogP contribution in [0, 0.1) is 5.82 Å². The highest BCUT2D eigenvalue weighted by Crippen LogP contribution is 2.40. The van der Waals surface area contributed by atoms with Gasteiger partial charge in [-0.1, -0.05) is 0 Å². The molecular weight excluding hydrogens is 307 g/mol. The summed E-state index contributed by atoms with van der Waals surface area (Å²) in [6.45, 7) is 0.526. The lowest BCUT2D eigenvalue weighted by atomic mass is 9.72. The number of hydrogen-bond donors (Lipinski definition) is 3. The zero-order valence-electron chi connectivity index (χ0n) is 13.4. The first-order valence-corrected chi connectivity index (χ1v) is 8.09. The standard InChI is InChI=1S/C18H21FN4O/c19-15-3-2-14(20)12-16(15)23-17(24)6-11-22-18(7-1-8-18)13-4-9-21-10-5-13/h2-5,9-10,12,22H,1,6-8,11,20H2,(H,23,24). The average Bonchev–Trinajstić information content (AvgIpc) is 2.54. The third-order valence-electron chi connectivity index (χ3n) is 4.52. The number of pyridine rings is 1. The van der Waals surface area contributed by atoms with Crippen LogP contribution in [-0.4, -0.2) is 17.4 Å². The largest absolute Gasteiger partial charge is 0.399 e. The van der Waals surface area contributed by atoms with Crippen LogP contribution in [0.2, 0.25) is 0 Å². The molecule has 0 bridgehead atoms. The zero-order chi connectivity index (χ0) is 17.0. The number of nitrogens with zero attached hydrogens (tertiary/aromatic N) is 1. The van der Waals surface area contributed by atoms with E-state index in [2.05, 4.69) is 15.6 Å². The second kappa shape index (κ2) is 6.97. The van der Waals surface area contributed by atoms with E-state index in [0.29, 0.717) is 12.2 Å². The minimum atomic E-state index is -0.488. The number of nitrogens with two attached hydrogens (primary N) is 1. The van der Waals surface area contributed by atoms with E-state index < -0.39 is 5.82 Å². The van der Waals surface area contributed by atoms with Gasteiger partial charge < -0.3 is 16.4 Å². The average molecular weight is 328 g/mol. The molecule has 126 valence electrons. The van der Waals surface area contributed by atoms with Crippen LogP contribution in [0.15, 0.2) is 42.7 Å². The Hall–Kier alpha value is -2.47. The van der Waals surface area contributed by atoms with Gasteiger partial charge in [0.15, 0.2) is 0 Å². The van der Waals surface area contributed by atoms with Gasteiger partial charge in [-0.05, 0) is 55.2 Å². The molecule has 0 spiro atoms. The van der Waals surface area contributed by atoms with Gasteiger partial charge in [0.1, 0.15) is 5.82 Å². The van der Waals surface area contributed by atoms with Gasteiger partial charge in [-0.25, -0.2) is 4.39 Å². The van der Waals surface area contributed by atoms with Gasteiger partial charge in [0.25, 0.3) is 0 Å². The van der Waals surface area contributed by atoms with Crippen molar-refractivity contribution in [3.63, 3.8) is 0 Å². The van der Waals surface area contributed by atoms with Crippen molar-refractivity contribution in [2.75, 3.05) is 17.6 Å². The fraction of sp³-hybridized carbons (Fsp3) is 0.333. The van der Waals surface area contributed by atoms with Crippen molar-refractivity contribution in [1.29, 1.82) is 0 Å². The molecule has 0 radical (unpaired) electrons. The summed E-state index contributed by atoms with van der Waals surface area (Å²) in [6.07, 6.45) is 7.08. The maximum absolute atomic E-state index is 13.6. The first-order valence-electron chi connectivity index (χ1n) is 8.09. The molecule has 1 aliphatic rings. The third kappa shape index (κ3) is 3.54. The van der Waals surface area contributed by atoms with Crippen LogP contribution >= 0.6 is 0 Å². The number of hydrogen-bond acceptors (Lipinski definition) is 4. The van der Waals surface area contributed by atoms with Crippen molar-refractivity contribution >= 4 is 17.3 Å². The summed E-state index contributed by atoms with van der Waals surface area (Å²) < 4.78 is 13.6. The Balaban J connectivity index is 1.54. The molecular formula is C18H21FN4O. The van der Waals surface area contributed by atoms with E-state index in [1.54, 1.807) is 12.4 Å². The molecule has 0 saturated heterocycles. The number of amides is 1. The van der Waals surface area contributed by atoms with E-state index in [9.17, 15) is 9.18 Å². The van der Waals surface area contributed by atoms with Crippen molar-refractivity contribution in [2.24, 2.45) is 0 Å². The second-order valence-corrected chi connectivity index (χ2v) is 6.14. The fourth-order valence-electron chi connectivity index (χ4n) is 3.04. The molecule has 0 unspecified atom stereocenters. The summed E-state index contributed by atoms with van der Waals surface area (Å²) in [6, 6.07) is 8.14. The summed E-state index contributed by atoms with van der Waals surface area (Å²) in [4.78, 5) is 16.1. The van der Waals surface area contributed by atoms with Gasteiger partial charge in [0.2, 0.25) is 5.91 Å². The summed E-state index contributed by atoms with van der Waals surface area (Å²) in [5.74, 6) is -0.728. The zero-order valence-corrected chi connectivity index (χ0v) is 13.4. The number of carbonyl (C=O) groups is 1. The lowest BCUT2D eigenvalue weighted by molar-refractivity contribution is -0.116. The number of halogens is 1. The Morgan fingerprint density at radius 3 is 2.67 bits per heavy atom. The molecule has 0 aliphatic heterocycles.